The Labute approximate surface area is 132 Å². The third kappa shape index (κ3) is 11.4. The van der Waals surface area contributed by atoms with Crippen molar-refractivity contribution in [2.45, 2.75) is 25.3 Å². The lowest BCUT2D eigenvalue weighted by Gasteiger charge is -2.08. The van der Waals surface area contributed by atoms with Gasteiger partial charge in [-0.3, -0.25) is 9.59 Å². The summed E-state index contributed by atoms with van der Waals surface area (Å²) in [6.45, 7) is 0.244. The number of amides is 2. The van der Waals surface area contributed by atoms with Crippen LogP contribution in [0.15, 0.2) is 0 Å². The highest BCUT2D eigenvalue weighted by molar-refractivity contribution is 8.76. The number of carbonyl (C=O) groups excluding carboxylic acids is 3. The Hall–Kier alpha value is -0.930. The van der Waals surface area contributed by atoms with Gasteiger partial charge in [0.05, 0.1) is 12.6 Å². The molecule has 1 unspecified atom stereocenters. The summed E-state index contributed by atoms with van der Waals surface area (Å²) in [7, 11) is 6.04. The number of alkyl carbamates (subject to hydrolysis) is 1. The van der Waals surface area contributed by atoms with E-state index in [9.17, 15) is 14.4 Å². The van der Waals surface area contributed by atoms with E-state index >= 15 is 0 Å². The molecule has 21 heavy (non-hydrogen) atoms. The van der Waals surface area contributed by atoms with Crippen LogP contribution in [0.25, 0.3) is 0 Å². The Morgan fingerprint density at radius 2 is 1.86 bits per heavy atom. The minimum Gasteiger partial charge on any atom is -0.450 e. The van der Waals surface area contributed by atoms with Gasteiger partial charge in [-0.15, -0.1) is 0 Å². The zero-order valence-corrected chi connectivity index (χ0v) is 14.0. The summed E-state index contributed by atoms with van der Waals surface area (Å²) in [5.74, 6) is 1.15. The summed E-state index contributed by atoms with van der Waals surface area (Å²) in [4.78, 5) is 33.5. The van der Waals surface area contributed by atoms with E-state index in [0.29, 0.717) is 30.8 Å². The highest BCUT2D eigenvalue weighted by atomic mass is 33.1. The Morgan fingerprint density at radius 3 is 2.48 bits per heavy atom. The van der Waals surface area contributed by atoms with Gasteiger partial charge in [-0.05, 0) is 6.42 Å². The number of likely N-dealkylation sites (N-methyl/N-ethyl adjacent to an activating group) is 1. The largest absolute Gasteiger partial charge is 0.450 e. The van der Waals surface area contributed by atoms with Gasteiger partial charge in [0, 0.05) is 38.4 Å². The van der Waals surface area contributed by atoms with Gasteiger partial charge in [-0.1, -0.05) is 21.6 Å². The van der Waals surface area contributed by atoms with Crippen molar-refractivity contribution in [2.24, 2.45) is 5.73 Å². The van der Waals surface area contributed by atoms with Gasteiger partial charge < -0.3 is 21.1 Å². The van der Waals surface area contributed by atoms with Crippen LogP contribution in [0, 0.1) is 0 Å². The Kier molecular flexibility index (Phi) is 12.2. The third-order valence-corrected chi connectivity index (χ3v) is 4.86. The predicted molar refractivity (Wildman–Crippen MR) is 86.2 cm³/mol. The molecule has 0 aliphatic carbocycles. The molecule has 0 aromatic rings. The lowest BCUT2D eigenvalue weighted by molar-refractivity contribution is -0.121. The molecule has 0 heterocycles. The quantitative estimate of drug-likeness (QED) is 0.373. The topological polar surface area (TPSA) is 111 Å². The summed E-state index contributed by atoms with van der Waals surface area (Å²) >= 11 is 0. The van der Waals surface area contributed by atoms with E-state index in [1.165, 1.54) is 28.6 Å². The molecule has 0 spiro atoms. The van der Waals surface area contributed by atoms with Gasteiger partial charge in [0.1, 0.15) is 5.78 Å². The summed E-state index contributed by atoms with van der Waals surface area (Å²) in [5.41, 5.74) is 5.63. The van der Waals surface area contributed by atoms with Crippen molar-refractivity contribution in [2.75, 3.05) is 32.2 Å². The van der Waals surface area contributed by atoms with Gasteiger partial charge in [0.25, 0.3) is 0 Å². The van der Waals surface area contributed by atoms with E-state index in [1.54, 1.807) is 7.05 Å². The van der Waals surface area contributed by atoms with Crippen LogP contribution in [0.1, 0.15) is 19.3 Å². The second-order valence-electron chi connectivity index (χ2n) is 4.11. The first-order valence-corrected chi connectivity index (χ1v) is 9.07. The molecular weight excluding hydrogens is 314 g/mol. The lowest BCUT2D eigenvalue weighted by Crippen LogP contribution is -2.40. The predicted octanol–water partition coefficient (Wildman–Crippen LogP) is 0.537. The van der Waals surface area contributed by atoms with Crippen LogP contribution < -0.4 is 16.4 Å². The van der Waals surface area contributed by atoms with Crippen LogP contribution >= 0.6 is 21.6 Å². The molecule has 0 rings (SSSR count). The number of ether oxygens (including phenoxy) is 1. The minimum atomic E-state index is -0.523. The smallest absolute Gasteiger partial charge is 0.406 e. The number of carbonyl (C=O) groups is 3. The maximum atomic E-state index is 11.5. The Morgan fingerprint density at radius 1 is 1.14 bits per heavy atom. The molecule has 0 bridgehead atoms. The molecule has 9 heteroatoms. The van der Waals surface area contributed by atoms with Crippen molar-refractivity contribution < 1.29 is 19.1 Å². The van der Waals surface area contributed by atoms with Gasteiger partial charge in [-0.2, -0.15) is 0 Å². The fraction of sp³-hybridized carbons (Fsp3) is 0.750. The van der Waals surface area contributed by atoms with E-state index in [-0.39, 0.29) is 18.3 Å². The maximum Gasteiger partial charge on any atom is 0.406 e. The normalized spacial score (nSPS) is 11.6. The number of hydrogen-bond donors (Lipinski definition) is 3. The molecule has 0 saturated carbocycles. The molecule has 0 saturated heterocycles. The van der Waals surface area contributed by atoms with Crippen molar-refractivity contribution in [1.82, 2.24) is 10.6 Å². The molecular formula is C12H23N3O4S2. The Bertz CT molecular complexity index is 342. The molecule has 122 valence electrons. The number of hydrogen-bond acceptors (Lipinski definition) is 7. The van der Waals surface area contributed by atoms with Crippen LogP contribution in [-0.4, -0.2) is 56.0 Å². The molecule has 0 aromatic carbocycles. The zero-order valence-electron chi connectivity index (χ0n) is 12.3. The molecule has 7 nitrogen and oxygen atoms in total. The molecule has 1 atom stereocenters. The second-order valence-corrected chi connectivity index (χ2v) is 6.73. The molecule has 0 aromatic heterocycles. The first-order valence-electron chi connectivity index (χ1n) is 6.59. The van der Waals surface area contributed by atoms with Crippen molar-refractivity contribution in [3.05, 3.63) is 0 Å². The van der Waals surface area contributed by atoms with E-state index in [2.05, 4.69) is 10.6 Å². The number of ketones is 1. The number of rotatable bonds is 11. The molecule has 4 N–H and O–H groups in total. The van der Waals surface area contributed by atoms with E-state index in [4.69, 9.17) is 10.5 Å². The molecule has 0 aliphatic heterocycles. The fourth-order valence-corrected chi connectivity index (χ4v) is 3.38. The number of nitrogens with one attached hydrogen (secondary N) is 2. The third-order valence-electron chi connectivity index (χ3n) is 2.42. The van der Waals surface area contributed by atoms with E-state index in [0.717, 1.165) is 0 Å². The van der Waals surface area contributed by atoms with E-state index < -0.39 is 12.1 Å². The first-order chi connectivity index (χ1) is 10.0. The second kappa shape index (κ2) is 12.8. The maximum absolute atomic E-state index is 11.5. The molecule has 0 fully saturated rings. The standard InChI is InChI=1S/C12H23N3O4S2/c1-14-11(17)10(13)8-21-20-7-5-9(16)4-3-6-19-12(18)15-2/h10H,3-8,13H2,1-2H3,(H,14,17)(H,15,18). The van der Waals surface area contributed by atoms with Crippen molar-refractivity contribution in [3.63, 3.8) is 0 Å². The lowest BCUT2D eigenvalue weighted by atomic mass is 10.2. The zero-order chi connectivity index (χ0) is 16.1. The minimum absolute atomic E-state index is 0.138. The summed E-state index contributed by atoms with van der Waals surface area (Å²) in [6.07, 6.45) is 0.917. The van der Waals surface area contributed by atoms with Crippen molar-refractivity contribution in [3.8, 4) is 0 Å². The number of nitrogens with two attached hydrogens (primary N) is 1. The van der Waals surface area contributed by atoms with Crippen molar-refractivity contribution in [1.29, 1.82) is 0 Å². The summed E-state index contributed by atoms with van der Waals surface area (Å²) in [5, 5.41) is 4.82. The average molecular weight is 337 g/mol. The highest BCUT2D eigenvalue weighted by Crippen LogP contribution is 2.22. The van der Waals surface area contributed by atoms with Crippen LogP contribution in [0.5, 0.6) is 0 Å². The molecule has 0 aliphatic rings. The molecule has 2 amide bonds. The van der Waals surface area contributed by atoms with Gasteiger partial charge in [0.2, 0.25) is 5.91 Å². The number of Topliss-reactive ketones (excluding diaryl/α,β-unsaturated/α-hetero) is 1. The fourth-order valence-electron chi connectivity index (χ4n) is 1.23. The molecule has 0 radical (unpaired) electrons. The van der Waals surface area contributed by atoms with Crippen LogP contribution in [0.2, 0.25) is 0 Å². The van der Waals surface area contributed by atoms with Gasteiger partial charge >= 0.3 is 6.09 Å². The average Bonchev–Trinajstić information content (AvgIpc) is 2.49. The Balaban J connectivity index is 3.46. The van der Waals surface area contributed by atoms with Crippen LogP contribution in [0.3, 0.4) is 0 Å². The first kappa shape index (κ1) is 20.1. The summed E-state index contributed by atoms with van der Waals surface area (Å²) < 4.78 is 4.78. The highest BCUT2D eigenvalue weighted by Gasteiger charge is 2.11. The SMILES string of the molecule is CNC(=O)OCCCC(=O)CCSSCC(N)C(=O)NC. The van der Waals surface area contributed by atoms with Gasteiger partial charge in [-0.25, -0.2) is 4.79 Å². The summed E-state index contributed by atoms with van der Waals surface area (Å²) in [6, 6.07) is -0.523. The monoisotopic (exact) mass is 337 g/mol. The van der Waals surface area contributed by atoms with Crippen molar-refractivity contribution >= 4 is 39.4 Å². The van der Waals surface area contributed by atoms with Gasteiger partial charge in [0.15, 0.2) is 0 Å². The van der Waals surface area contributed by atoms with E-state index in [1.807, 2.05) is 0 Å². The van der Waals surface area contributed by atoms with Crippen LogP contribution in [-0.2, 0) is 14.3 Å². The van der Waals surface area contributed by atoms with Crippen LogP contribution in [0.4, 0.5) is 4.79 Å².